The van der Waals surface area contributed by atoms with Gasteiger partial charge >= 0.3 is 0 Å². The second kappa shape index (κ2) is 9.43. The maximum atomic E-state index is 12.3. The molecule has 0 radical (unpaired) electrons. The van der Waals surface area contributed by atoms with Gasteiger partial charge < -0.3 is 4.84 Å². The zero-order valence-electron chi connectivity index (χ0n) is 16.3. The van der Waals surface area contributed by atoms with E-state index < -0.39 is 0 Å². The summed E-state index contributed by atoms with van der Waals surface area (Å²) in [4.78, 5) is 17.9. The average molecular weight is 396 g/mol. The van der Waals surface area contributed by atoms with Crippen LogP contribution in [0.2, 0.25) is 0 Å². The number of oxime groups is 1. The van der Waals surface area contributed by atoms with E-state index in [2.05, 4.69) is 15.5 Å². The average Bonchev–Trinajstić information content (AvgIpc) is 3.25. The Balaban J connectivity index is 1.43. The normalized spacial score (nSPS) is 10.4. The number of carbonyl (C=O) groups is 1. The molecular formula is C24H20N4O2. The number of nitrogens with zero attached hydrogens (tertiary/aromatic N) is 4. The third-order valence-corrected chi connectivity index (χ3v) is 4.45. The highest BCUT2D eigenvalue weighted by molar-refractivity contribution is 6.12. The van der Waals surface area contributed by atoms with Gasteiger partial charge in [-0.2, -0.15) is 0 Å². The zero-order chi connectivity index (χ0) is 20.6. The Hall–Kier alpha value is -4.06. The predicted molar refractivity (Wildman–Crippen MR) is 114 cm³/mol. The van der Waals surface area contributed by atoms with E-state index in [9.17, 15) is 4.79 Å². The first kappa shape index (κ1) is 19.3. The largest absolute Gasteiger partial charge is 0.389 e. The molecular weight excluding hydrogens is 376 g/mol. The predicted octanol–water partition coefficient (Wildman–Crippen LogP) is 4.13. The van der Waals surface area contributed by atoms with Gasteiger partial charge in [-0.1, -0.05) is 101 Å². The molecule has 0 fully saturated rings. The van der Waals surface area contributed by atoms with Gasteiger partial charge in [0.15, 0.2) is 12.4 Å². The van der Waals surface area contributed by atoms with E-state index in [1.165, 1.54) is 4.68 Å². The molecule has 0 N–H and O–H groups in total. The minimum atomic E-state index is -0.0265. The first-order valence-electron chi connectivity index (χ1n) is 9.57. The first-order valence-corrected chi connectivity index (χ1v) is 9.57. The summed E-state index contributed by atoms with van der Waals surface area (Å²) in [5.41, 5.74) is 3.90. The van der Waals surface area contributed by atoms with Gasteiger partial charge in [0.05, 0.1) is 6.20 Å². The fourth-order valence-corrected chi connectivity index (χ4v) is 2.97. The topological polar surface area (TPSA) is 69.4 Å². The molecule has 4 rings (SSSR count). The Bertz CT molecular complexity index is 1080. The van der Waals surface area contributed by atoms with Gasteiger partial charge in [0.1, 0.15) is 18.0 Å². The number of ketones is 1. The summed E-state index contributed by atoms with van der Waals surface area (Å²) >= 11 is 0. The molecule has 4 aromatic rings. The molecule has 0 unspecified atom stereocenters. The van der Waals surface area contributed by atoms with Crippen LogP contribution in [0.5, 0.6) is 0 Å². The highest BCUT2D eigenvalue weighted by atomic mass is 16.6. The van der Waals surface area contributed by atoms with E-state index in [0.29, 0.717) is 11.3 Å². The summed E-state index contributed by atoms with van der Waals surface area (Å²) < 4.78 is 1.51. The maximum absolute atomic E-state index is 12.3. The van der Waals surface area contributed by atoms with E-state index >= 15 is 0 Å². The second-order valence-corrected chi connectivity index (χ2v) is 6.64. The highest BCUT2D eigenvalue weighted by Crippen LogP contribution is 2.12. The summed E-state index contributed by atoms with van der Waals surface area (Å²) in [5, 5.41) is 12.4. The molecule has 3 aromatic carbocycles. The Morgan fingerprint density at radius 1 is 0.800 bits per heavy atom. The number of hydrogen-bond acceptors (Lipinski definition) is 5. The van der Waals surface area contributed by atoms with Crippen LogP contribution in [-0.4, -0.2) is 26.5 Å². The summed E-state index contributed by atoms with van der Waals surface area (Å²) in [6, 6.07) is 28.8. The molecule has 1 heterocycles. The van der Waals surface area contributed by atoms with Gasteiger partial charge in [-0.25, -0.2) is 4.68 Å². The van der Waals surface area contributed by atoms with Crippen LogP contribution in [0.25, 0.3) is 0 Å². The van der Waals surface area contributed by atoms with Crippen LogP contribution in [0, 0.1) is 0 Å². The number of hydrogen-bond donors (Lipinski definition) is 0. The van der Waals surface area contributed by atoms with Gasteiger partial charge in [-0.15, -0.1) is 5.10 Å². The van der Waals surface area contributed by atoms with E-state index in [1.807, 2.05) is 78.9 Å². The van der Waals surface area contributed by atoms with Gasteiger partial charge in [-0.05, 0) is 0 Å². The standard InChI is InChI=1S/C24H20N4O2/c29-23(19-10-4-1-5-11-19)17-28-16-22(25-27-28)18-30-26-24(20-12-6-2-7-13-20)21-14-8-3-9-15-21/h1-16H,17-18H2. The molecule has 0 aliphatic rings. The van der Waals surface area contributed by atoms with E-state index in [1.54, 1.807) is 18.3 Å². The van der Waals surface area contributed by atoms with Crippen LogP contribution in [0.15, 0.2) is 102 Å². The number of aromatic nitrogens is 3. The molecule has 0 aliphatic heterocycles. The minimum absolute atomic E-state index is 0.0265. The van der Waals surface area contributed by atoms with Crippen molar-refractivity contribution in [3.8, 4) is 0 Å². The number of Topliss-reactive ketones (excluding diaryl/α,β-unsaturated/α-hetero) is 1. The Morgan fingerprint density at radius 2 is 1.33 bits per heavy atom. The zero-order valence-corrected chi connectivity index (χ0v) is 16.3. The molecule has 6 heteroatoms. The monoisotopic (exact) mass is 396 g/mol. The fraction of sp³-hybridized carbons (Fsp3) is 0.0833. The Kier molecular flexibility index (Phi) is 6.05. The lowest BCUT2D eigenvalue weighted by Crippen LogP contribution is -2.10. The second-order valence-electron chi connectivity index (χ2n) is 6.64. The third kappa shape index (κ3) is 4.86. The van der Waals surface area contributed by atoms with Gasteiger partial charge in [0.25, 0.3) is 0 Å². The lowest BCUT2D eigenvalue weighted by atomic mass is 10.0. The maximum Gasteiger partial charge on any atom is 0.184 e. The van der Waals surface area contributed by atoms with E-state index in [-0.39, 0.29) is 18.9 Å². The van der Waals surface area contributed by atoms with Crippen molar-refractivity contribution in [1.29, 1.82) is 0 Å². The van der Waals surface area contributed by atoms with Crippen LogP contribution in [0.3, 0.4) is 0 Å². The minimum Gasteiger partial charge on any atom is -0.389 e. The SMILES string of the molecule is O=C(Cn1cc(CON=C(c2ccccc2)c2ccccc2)nn1)c1ccccc1. The molecule has 0 atom stereocenters. The number of rotatable bonds is 8. The van der Waals surface area contributed by atoms with Crippen LogP contribution < -0.4 is 0 Å². The van der Waals surface area contributed by atoms with Crippen LogP contribution in [0.4, 0.5) is 0 Å². The molecule has 30 heavy (non-hydrogen) atoms. The number of benzene rings is 3. The lowest BCUT2D eigenvalue weighted by molar-refractivity contribution is 0.0967. The van der Waals surface area contributed by atoms with Gasteiger partial charge in [-0.3, -0.25) is 4.79 Å². The lowest BCUT2D eigenvalue weighted by Gasteiger charge is -2.06. The van der Waals surface area contributed by atoms with Crippen molar-refractivity contribution in [1.82, 2.24) is 15.0 Å². The molecule has 0 saturated carbocycles. The first-order chi connectivity index (χ1) is 14.8. The molecule has 0 saturated heterocycles. The fourth-order valence-electron chi connectivity index (χ4n) is 2.97. The summed E-state index contributed by atoms with van der Waals surface area (Å²) in [6.45, 7) is 0.280. The molecule has 1 aromatic heterocycles. The molecule has 148 valence electrons. The van der Waals surface area contributed by atoms with Crippen molar-refractivity contribution < 1.29 is 9.63 Å². The van der Waals surface area contributed by atoms with Crippen molar-refractivity contribution in [2.24, 2.45) is 5.16 Å². The van der Waals surface area contributed by atoms with Crippen molar-refractivity contribution >= 4 is 11.5 Å². The number of carbonyl (C=O) groups excluding carboxylic acids is 1. The van der Waals surface area contributed by atoms with Crippen LogP contribution >= 0.6 is 0 Å². The van der Waals surface area contributed by atoms with Crippen LogP contribution in [-0.2, 0) is 18.0 Å². The smallest absolute Gasteiger partial charge is 0.184 e. The highest BCUT2D eigenvalue weighted by Gasteiger charge is 2.10. The van der Waals surface area contributed by atoms with Crippen LogP contribution in [0.1, 0.15) is 27.2 Å². The van der Waals surface area contributed by atoms with Crippen molar-refractivity contribution in [3.63, 3.8) is 0 Å². The van der Waals surface area contributed by atoms with Gasteiger partial charge in [0, 0.05) is 16.7 Å². The summed E-state index contributed by atoms with van der Waals surface area (Å²) in [5.74, 6) is -0.0265. The third-order valence-electron chi connectivity index (χ3n) is 4.45. The van der Waals surface area contributed by atoms with Crippen molar-refractivity contribution in [2.45, 2.75) is 13.2 Å². The van der Waals surface area contributed by atoms with Gasteiger partial charge in [0.2, 0.25) is 0 Å². The van der Waals surface area contributed by atoms with E-state index in [4.69, 9.17) is 4.84 Å². The summed E-state index contributed by atoms with van der Waals surface area (Å²) in [6.07, 6.45) is 1.70. The Labute approximate surface area is 174 Å². The molecule has 0 aliphatic carbocycles. The Morgan fingerprint density at radius 3 is 1.90 bits per heavy atom. The quantitative estimate of drug-likeness (QED) is 0.255. The summed E-state index contributed by atoms with van der Waals surface area (Å²) in [7, 11) is 0. The molecule has 0 amide bonds. The molecule has 0 spiro atoms. The van der Waals surface area contributed by atoms with Crippen molar-refractivity contribution in [2.75, 3.05) is 0 Å². The molecule has 6 nitrogen and oxygen atoms in total. The van der Waals surface area contributed by atoms with Crippen molar-refractivity contribution in [3.05, 3.63) is 120 Å². The van der Waals surface area contributed by atoms with E-state index in [0.717, 1.165) is 16.8 Å². The molecule has 0 bridgehead atoms.